The highest BCUT2D eigenvalue weighted by Gasteiger charge is 2.35. The molecule has 1 aromatic rings. The molecule has 2 heterocycles. The lowest BCUT2D eigenvalue weighted by Gasteiger charge is -2.42. The monoisotopic (exact) mass is 285 g/mol. The molecule has 21 heavy (non-hydrogen) atoms. The number of fused-ring (bicyclic) bond motifs is 1. The highest BCUT2D eigenvalue weighted by molar-refractivity contribution is 5.92. The van der Waals surface area contributed by atoms with Crippen molar-refractivity contribution in [1.29, 1.82) is 0 Å². The number of hydrogen-bond donors (Lipinski definition) is 1. The van der Waals surface area contributed by atoms with Gasteiger partial charge in [-0.2, -0.15) is 0 Å². The molecule has 0 aliphatic carbocycles. The molecule has 2 amide bonds. The van der Waals surface area contributed by atoms with E-state index in [1.807, 2.05) is 36.4 Å². The zero-order valence-corrected chi connectivity index (χ0v) is 11.9. The van der Waals surface area contributed by atoms with Crippen LogP contribution >= 0.6 is 0 Å². The number of hydrogen-bond acceptors (Lipinski definition) is 3. The van der Waals surface area contributed by atoms with E-state index in [1.54, 1.807) is 11.0 Å². The van der Waals surface area contributed by atoms with Gasteiger partial charge in [0.1, 0.15) is 6.04 Å². The van der Waals surface area contributed by atoms with E-state index in [-0.39, 0.29) is 17.9 Å². The third-order valence-corrected chi connectivity index (χ3v) is 4.02. The van der Waals surface area contributed by atoms with Crippen LogP contribution in [0.2, 0.25) is 0 Å². The number of carbonyl (C=O) groups excluding carboxylic acids is 2. The van der Waals surface area contributed by atoms with E-state index >= 15 is 0 Å². The van der Waals surface area contributed by atoms with E-state index in [4.69, 9.17) is 0 Å². The summed E-state index contributed by atoms with van der Waals surface area (Å²) in [5, 5.41) is 2.86. The second-order valence-corrected chi connectivity index (χ2v) is 5.37. The molecule has 110 valence electrons. The maximum atomic E-state index is 12.2. The van der Waals surface area contributed by atoms with Gasteiger partial charge in [0.15, 0.2) is 0 Å². The minimum absolute atomic E-state index is 0.0307. The van der Waals surface area contributed by atoms with Crippen molar-refractivity contribution in [3.8, 4) is 0 Å². The highest BCUT2D eigenvalue weighted by Crippen LogP contribution is 2.13. The average Bonchev–Trinajstić information content (AvgIpc) is 2.54. The molecule has 0 unspecified atom stereocenters. The minimum Gasteiger partial charge on any atom is -0.353 e. The van der Waals surface area contributed by atoms with Crippen LogP contribution in [0.1, 0.15) is 5.56 Å². The third kappa shape index (κ3) is 3.13. The Morgan fingerprint density at radius 3 is 2.81 bits per heavy atom. The number of amides is 2. The first-order chi connectivity index (χ1) is 10.2. The third-order valence-electron chi connectivity index (χ3n) is 4.02. The molecule has 0 bridgehead atoms. The summed E-state index contributed by atoms with van der Waals surface area (Å²) in [5.74, 6) is 0.00247. The fourth-order valence-corrected chi connectivity index (χ4v) is 2.81. The van der Waals surface area contributed by atoms with Crippen LogP contribution in [0, 0.1) is 0 Å². The summed E-state index contributed by atoms with van der Waals surface area (Å²) in [7, 11) is 0. The molecule has 1 atom stereocenters. The maximum Gasteiger partial charge on any atom is 0.246 e. The predicted octanol–water partition coefficient (Wildman–Crippen LogP) is 0.342. The molecule has 5 heteroatoms. The Bertz CT molecular complexity index is 556. The van der Waals surface area contributed by atoms with E-state index in [0.717, 1.165) is 18.7 Å². The van der Waals surface area contributed by atoms with Crippen LogP contribution in [0.15, 0.2) is 36.4 Å². The summed E-state index contributed by atoms with van der Waals surface area (Å²) in [5.41, 5.74) is 1.000. The quantitative estimate of drug-likeness (QED) is 0.797. The fourth-order valence-electron chi connectivity index (χ4n) is 2.81. The van der Waals surface area contributed by atoms with Crippen LogP contribution < -0.4 is 5.32 Å². The Hall–Kier alpha value is -2.14. The molecule has 2 fully saturated rings. The number of rotatable bonds is 2. The Balaban J connectivity index is 1.63. The van der Waals surface area contributed by atoms with E-state index in [9.17, 15) is 9.59 Å². The van der Waals surface area contributed by atoms with E-state index in [2.05, 4.69) is 10.2 Å². The zero-order chi connectivity index (χ0) is 14.7. The molecule has 0 radical (unpaired) electrons. The van der Waals surface area contributed by atoms with Gasteiger partial charge in [-0.3, -0.25) is 14.5 Å². The summed E-state index contributed by atoms with van der Waals surface area (Å²) < 4.78 is 0. The average molecular weight is 285 g/mol. The maximum absolute atomic E-state index is 12.2. The highest BCUT2D eigenvalue weighted by atomic mass is 16.2. The van der Waals surface area contributed by atoms with Gasteiger partial charge >= 0.3 is 0 Å². The number of nitrogens with zero attached hydrogens (tertiary/aromatic N) is 2. The van der Waals surface area contributed by atoms with Crippen LogP contribution in [-0.4, -0.2) is 60.4 Å². The van der Waals surface area contributed by atoms with Gasteiger partial charge in [0.05, 0.1) is 0 Å². The van der Waals surface area contributed by atoms with Crippen LogP contribution in [0.5, 0.6) is 0 Å². The van der Waals surface area contributed by atoms with Crippen molar-refractivity contribution >= 4 is 17.9 Å². The summed E-state index contributed by atoms with van der Waals surface area (Å²) in [6.45, 7) is 3.50. The minimum atomic E-state index is -0.193. The predicted molar refractivity (Wildman–Crippen MR) is 80.4 cm³/mol. The Labute approximate surface area is 124 Å². The van der Waals surface area contributed by atoms with Crippen LogP contribution in [0.4, 0.5) is 0 Å². The van der Waals surface area contributed by atoms with E-state index < -0.39 is 0 Å². The molecular formula is C16H19N3O2. The van der Waals surface area contributed by atoms with Gasteiger partial charge in [-0.25, -0.2) is 0 Å². The van der Waals surface area contributed by atoms with Crippen LogP contribution in [0.25, 0.3) is 6.08 Å². The summed E-state index contributed by atoms with van der Waals surface area (Å²) >= 11 is 0. The molecule has 5 nitrogen and oxygen atoms in total. The first kappa shape index (κ1) is 13.8. The number of benzene rings is 1. The van der Waals surface area contributed by atoms with E-state index in [0.29, 0.717) is 19.6 Å². The summed E-state index contributed by atoms with van der Waals surface area (Å²) in [4.78, 5) is 28.0. The van der Waals surface area contributed by atoms with Crippen LogP contribution in [0.3, 0.4) is 0 Å². The van der Waals surface area contributed by atoms with Gasteiger partial charge in [0.25, 0.3) is 0 Å². The number of nitrogens with one attached hydrogen (secondary N) is 1. The molecular weight excluding hydrogens is 266 g/mol. The zero-order valence-electron chi connectivity index (χ0n) is 11.9. The molecule has 2 aliphatic heterocycles. The van der Waals surface area contributed by atoms with Gasteiger partial charge in [-0.1, -0.05) is 30.3 Å². The molecule has 2 saturated heterocycles. The van der Waals surface area contributed by atoms with Crippen molar-refractivity contribution in [2.24, 2.45) is 0 Å². The topological polar surface area (TPSA) is 52.7 Å². The largest absolute Gasteiger partial charge is 0.353 e. The first-order valence-electron chi connectivity index (χ1n) is 7.28. The molecule has 1 N–H and O–H groups in total. The summed E-state index contributed by atoms with van der Waals surface area (Å²) in [6, 6.07) is 9.54. The van der Waals surface area contributed by atoms with Crippen molar-refractivity contribution in [3.05, 3.63) is 42.0 Å². The second-order valence-electron chi connectivity index (χ2n) is 5.37. The fraction of sp³-hybridized carbons (Fsp3) is 0.375. The van der Waals surface area contributed by atoms with Crippen molar-refractivity contribution in [2.75, 3.05) is 32.7 Å². The SMILES string of the molecule is O=C1NCCN2CCN(C(=O)/C=C/c3ccccc3)C[C@@H]12. The number of carbonyl (C=O) groups is 2. The Morgan fingerprint density at radius 1 is 1.19 bits per heavy atom. The van der Waals surface area contributed by atoms with Gasteiger partial charge in [0, 0.05) is 38.8 Å². The first-order valence-corrected chi connectivity index (χ1v) is 7.28. The smallest absolute Gasteiger partial charge is 0.246 e. The van der Waals surface area contributed by atoms with Gasteiger partial charge in [-0.15, -0.1) is 0 Å². The van der Waals surface area contributed by atoms with Crippen molar-refractivity contribution in [1.82, 2.24) is 15.1 Å². The van der Waals surface area contributed by atoms with Crippen LogP contribution in [-0.2, 0) is 9.59 Å². The lowest BCUT2D eigenvalue weighted by atomic mass is 10.1. The molecule has 0 aromatic heterocycles. The molecule has 2 aliphatic rings. The second kappa shape index (κ2) is 6.10. The Morgan fingerprint density at radius 2 is 2.00 bits per heavy atom. The Kier molecular flexibility index (Phi) is 4.01. The molecule has 3 rings (SSSR count). The van der Waals surface area contributed by atoms with Crippen molar-refractivity contribution in [2.45, 2.75) is 6.04 Å². The van der Waals surface area contributed by atoms with Crippen molar-refractivity contribution < 1.29 is 9.59 Å². The van der Waals surface area contributed by atoms with Gasteiger partial charge in [0.2, 0.25) is 11.8 Å². The molecule has 0 spiro atoms. The lowest BCUT2D eigenvalue weighted by Crippen LogP contribution is -2.64. The van der Waals surface area contributed by atoms with Gasteiger partial charge in [-0.05, 0) is 11.6 Å². The lowest BCUT2D eigenvalue weighted by molar-refractivity contribution is -0.137. The normalized spacial score (nSPS) is 23.0. The summed E-state index contributed by atoms with van der Waals surface area (Å²) in [6.07, 6.45) is 3.40. The van der Waals surface area contributed by atoms with Crippen molar-refractivity contribution in [3.63, 3.8) is 0 Å². The molecule has 1 aromatic carbocycles. The van der Waals surface area contributed by atoms with E-state index in [1.165, 1.54) is 0 Å². The van der Waals surface area contributed by atoms with Gasteiger partial charge < -0.3 is 10.2 Å². The number of piperazine rings is 2. The molecule has 0 saturated carbocycles. The standard InChI is InChI=1S/C16H19N3O2/c20-15(7-6-13-4-2-1-3-5-13)19-11-10-18-9-8-17-16(21)14(18)12-19/h1-7,14H,8-12H2,(H,17,21)/b7-6+/t14-/m0/s1.